The lowest BCUT2D eigenvalue weighted by molar-refractivity contribution is 0.0899. The molecule has 1 atom stereocenters. The van der Waals surface area contributed by atoms with Crippen LogP contribution in [0.4, 0.5) is 0 Å². The number of aromatic nitrogens is 3. The number of nitrogens with one attached hydrogen (secondary N) is 2. The highest BCUT2D eigenvalue weighted by atomic mass is 16.5. The van der Waals surface area contributed by atoms with Crippen LogP contribution in [0, 0.1) is 0 Å². The summed E-state index contributed by atoms with van der Waals surface area (Å²) in [6.07, 6.45) is 8.15. The van der Waals surface area contributed by atoms with Crippen molar-refractivity contribution >= 4 is 5.91 Å². The second-order valence-corrected chi connectivity index (χ2v) is 6.94. The Kier molecular flexibility index (Phi) is 5.26. The molecule has 1 saturated heterocycles. The summed E-state index contributed by atoms with van der Waals surface area (Å²) in [6.45, 7) is 3.79. The first-order valence-corrected chi connectivity index (χ1v) is 9.39. The van der Waals surface area contributed by atoms with Gasteiger partial charge in [-0.2, -0.15) is 5.10 Å². The molecule has 2 aromatic rings. The fraction of sp³-hybridized carbons (Fsp3) is 0.526. The zero-order chi connectivity index (χ0) is 17.8. The number of fused-ring (bicyclic) bond motifs is 1. The van der Waals surface area contributed by atoms with Crippen LogP contribution < -0.4 is 5.32 Å². The summed E-state index contributed by atoms with van der Waals surface area (Å²) in [4.78, 5) is 19.4. The van der Waals surface area contributed by atoms with Crippen molar-refractivity contribution in [2.24, 2.45) is 0 Å². The Morgan fingerprint density at radius 3 is 3.04 bits per heavy atom. The zero-order valence-electron chi connectivity index (χ0n) is 14.9. The number of H-pyrrole nitrogens is 1. The Morgan fingerprint density at radius 2 is 2.23 bits per heavy atom. The van der Waals surface area contributed by atoms with Crippen molar-refractivity contribution in [1.29, 1.82) is 0 Å². The number of hydrogen-bond acceptors (Lipinski definition) is 5. The minimum absolute atomic E-state index is 0.138. The van der Waals surface area contributed by atoms with Gasteiger partial charge >= 0.3 is 0 Å². The number of rotatable bonds is 5. The largest absolute Gasteiger partial charge is 0.376 e. The number of nitrogens with zero attached hydrogens (tertiary/aromatic N) is 3. The molecule has 0 spiro atoms. The molecule has 0 saturated carbocycles. The monoisotopic (exact) mass is 355 g/mol. The average Bonchev–Trinajstić information content (AvgIpc) is 3.14. The molecule has 2 aliphatic heterocycles. The first-order valence-electron chi connectivity index (χ1n) is 9.39. The van der Waals surface area contributed by atoms with Crippen molar-refractivity contribution in [1.82, 2.24) is 25.4 Å². The van der Waals surface area contributed by atoms with Gasteiger partial charge in [-0.15, -0.1) is 0 Å². The summed E-state index contributed by atoms with van der Waals surface area (Å²) >= 11 is 0. The van der Waals surface area contributed by atoms with Crippen LogP contribution in [-0.4, -0.2) is 52.2 Å². The summed E-state index contributed by atoms with van der Waals surface area (Å²) in [5, 5.41) is 10.3. The Balaban J connectivity index is 1.47. The van der Waals surface area contributed by atoms with E-state index in [9.17, 15) is 4.79 Å². The summed E-state index contributed by atoms with van der Waals surface area (Å²) < 4.78 is 5.48. The third kappa shape index (κ3) is 3.64. The van der Waals surface area contributed by atoms with Crippen molar-refractivity contribution in [3.8, 4) is 0 Å². The topological polar surface area (TPSA) is 83.1 Å². The van der Waals surface area contributed by atoms with Crippen LogP contribution >= 0.6 is 0 Å². The quantitative estimate of drug-likeness (QED) is 0.855. The van der Waals surface area contributed by atoms with E-state index in [-0.39, 0.29) is 11.9 Å². The number of piperidine rings is 1. The van der Waals surface area contributed by atoms with Gasteiger partial charge in [0.1, 0.15) is 0 Å². The van der Waals surface area contributed by atoms with Gasteiger partial charge in [-0.1, -0.05) is 12.5 Å². The van der Waals surface area contributed by atoms with E-state index in [0.29, 0.717) is 25.5 Å². The van der Waals surface area contributed by atoms with E-state index < -0.39 is 0 Å². The van der Waals surface area contributed by atoms with E-state index in [0.717, 1.165) is 36.3 Å². The molecular formula is C19H25N5O2. The Bertz CT molecular complexity index is 740. The van der Waals surface area contributed by atoms with Crippen LogP contribution in [0.3, 0.4) is 0 Å². The van der Waals surface area contributed by atoms with E-state index in [1.807, 2.05) is 12.3 Å². The minimum atomic E-state index is -0.140. The van der Waals surface area contributed by atoms with E-state index in [1.165, 1.54) is 19.3 Å². The van der Waals surface area contributed by atoms with Crippen molar-refractivity contribution in [3.63, 3.8) is 0 Å². The van der Waals surface area contributed by atoms with Crippen molar-refractivity contribution in [2.75, 3.05) is 26.2 Å². The van der Waals surface area contributed by atoms with Gasteiger partial charge in [-0.05, 0) is 37.6 Å². The number of amides is 1. The second kappa shape index (κ2) is 7.97. The third-order valence-electron chi connectivity index (χ3n) is 5.27. The predicted molar refractivity (Wildman–Crippen MR) is 96.7 cm³/mol. The first kappa shape index (κ1) is 17.2. The minimum Gasteiger partial charge on any atom is -0.376 e. The van der Waals surface area contributed by atoms with Gasteiger partial charge in [0.2, 0.25) is 0 Å². The maximum absolute atomic E-state index is 12.7. The average molecular weight is 355 g/mol. The van der Waals surface area contributed by atoms with Gasteiger partial charge in [0.15, 0.2) is 5.69 Å². The molecule has 2 aliphatic rings. The first-order chi connectivity index (χ1) is 12.8. The number of hydrogen-bond donors (Lipinski definition) is 2. The SMILES string of the molecule is O=C(NCC(c1cccnc1)N1CCCCC1)c1n[nH]c2c1COCC2. The molecule has 1 amide bonds. The number of carbonyl (C=O) groups excluding carboxylic acids is 1. The van der Waals surface area contributed by atoms with Gasteiger partial charge < -0.3 is 10.1 Å². The van der Waals surface area contributed by atoms with Crippen LogP contribution in [0.2, 0.25) is 0 Å². The number of likely N-dealkylation sites (tertiary alicyclic amines) is 1. The molecule has 7 nitrogen and oxygen atoms in total. The van der Waals surface area contributed by atoms with E-state index in [2.05, 4.69) is 31.5 Å². The highest BCUT2D eigenvalue weighted by Crippen LogP contribution is 2.24. The van der Waals surface area contributed by atoms with Crippen molar-refractivity contribution < 1.29 is 9.53 Å². The molecule has 7 heteroatoms. The van der Waals surface area contributed by atoms with Crippen LogP contribution in [0.15, 0.2) is 24.5 Å². The van der Waals surface area contributed by atoms with Crippen molar-refractivity contribution in [2.45, 2.75) is 38.3 Å². The summed E-state index contributed by atoms with van der Waals surface area (Å²) in [6, 6.07) is 4.18. The molecule has 0 bridgehead atoms. The maximum atomic E-state index is 12.7. The van der Waals surface area contributed by atoms with Crippen LogP contribution in [0.5, 0.6) is 0 Å². The number of ether oxygens (including phenoxy) is 1. The molecule has 1 unspecified atom stereocenters. The summed E-state index contributed by atoms with van der Waals surface area (Å²) in [7, 11) is 0. The lowest BCUT2D eigenvalue weighted by Gasteiger charge is -2.34. The van der Waals surface area contributed by atoms with Gasteiger partial charge in [-0.25, -0.2) is 0 Å². The number of carbonyl (C=O) groups is 1. The predicted octanol–water partition coefficient (Wildman–Crippen LogP) is 1.83. The van der Waals surface area contributed by atoms with Gasteiger partial charge in [-0.3, -0.25) is 19.8 Å². The van der Waals surface area contributed by atoms with E-state index in [4.69, 9.17) is 4.74 Å². The fourth-order valence-electron chi connectivity index (χ4n) is 3.83. The lowest BCUT2D eigenvalue weighted by atomic mass is 10.0. The van der Waals surface area contributed by atoms with Gasteiger partial charge in [0.25, 0.3) is 5.91 Å². The molecule has 4 heterocycles. The van der Waals surface area contributed by atoms with E-state index >= 15 is 0 Å². The van der Waals surface area contributed by atoms with Crippen molar-refractivity contribution in [3.05, 3.63) is 47.0 Å². The summed E-state index contributed by atoms with van der Waals surface area (Å²) in [5.41, 5.74) is 3.51. The van der Waals surface area contributed by atoms with Crippen LogP contribution in [0.25, 0.3) is 0 Å². The maximum Gasteiger partial charge on any atom is 0.272 e. The third-order valence-corrected chi connectivity index (χ3v) is 5.27. The second-order valence-electron chi connectivity index (χ2n) is 6.94. The molecule has 26 heavy (non-hydrogen) atoms. The highest BCUT2D eigenvalue weighted by molar-refractivity contribution is 5.94. The molecule has 1 fully saturated rings. The zero-order valence-corrected chi connectivity index (χ0v) is 14.9. The van der Waals surface area contributed by atoms with Gasteiger partial charge in [0, 0.05) is 36.6 Å². The smallest absolute Gasteiger partial charge is 0.272 e. The van der Waals surface area contributed by atoms with Crippen LogP contribution in [0.1, 0.15) is 52.6 Å². The Labute approximate surface area is 153 Å². The van der Waals surface area contributed by atoms with Crippen LogP contribution in [-0.2, 0) is 17.8 Å². The standard InChI is InChI=1S/C19H25N5O2/c25-19(18-15-13-26-10-6-16(15)22-23-18)21-12-17(14-5-4-7-20-11-14)24-8-2-1-3-9-24/h4-5,7,11,17H,1-3,6,8-10,12-13H2,(H,21,25)(H,22,23). The molecule has 0 radical (unpaired) electrons. The highest BCUT2D eigenvalue weighted by Gasteiger charge is 2.26. The molecule has 2 N–H and O–H groups in total. The molecule has 138 valence electrons. The molecule has 2 aromatic heterocycles. The van der Waals surface area contributed by atoms with E-state index in [1.54, 1.807) is 6.20 Å². The summed E-state index contributed by atoms with van der Waals surface area (Å²) in [5.74, 6) is -0.140. The normalized spacial score (nSPS) is 18.9. The fourth-order valence-corrected chi connectivity index (χ4v) is 3.83. The molecule has 4 rings (SSSR count). The Morgan fingerprint density at radius 1 is 1.35 bits per heavy atom. The van der Waals surface area contributed by atoms with Gasteiger partial charge in [0.05, 0.1) is 19.3 Å². The number of pyridine rings is 1. The Hall–Kier alpha value is -2.25. The lowest BCUT2D eigenvalue weighted by Crippen LogP contribution is -2.41. The molecular weight excluding hydrogens is 330 g/mol. The number of aromatic amines is 1. The molecule has 0 aliphatic carbocycles. The molecule has 0 aromatic carbocycles.